The van der Waals surface area contributed by atoms with Gasteiger partial charge in [-0.25, -0.2) is 4.98 Å². The van der Waals surface area contributed by atoms with Gasteiger partial charge in [-0.05, 0) is 48.6 Å². The van der Waals surface area contributed by atoms with Gasteiger partial charge in [-0.2, -0.15) is 0 Å². The Hall–Kier alpha value is -2.25. The van der Waals surface area contributed by atoms with E-state index in [1.807, 2.05) is 30.5 Å². The Morgan fingerprint density at radius 1 is 1.17 bits per heavy atom. The molecule has 7 heteroatoms. The van der Waals surface area contributed by atoms with E-state index in [0.29, 0.717) is 13.1 Å². The van der Waals surface area contributed by atoms with E-state index in [1.54, 1.807) is 0 Å². The Morgan fingerprint density at radius 3 is 2.79 bits per heavy atom. The number of nitrogens with one attached hydrogen (secondary N) is 1. The van der Waals surface area contributed by atoms with Crippen molar-refractivity contribution in [3.05, 3.63) is 71.3 Å². The molecule has 0 fully saturated rings. The third-order valence-corrected chi connectivity index (χ3v) is 5.54. The highest BCUT2D eigenvalue weighted by atomic mass is 35.5. The Bertz CT molecular complexity index is 928. The van der Waals surface area contributed by atoms with Crippen molar-refractivity contribution in [2.24, 2.45) is 11.5 Å². The Morgan fingerprint density at radius 2 is 2.00 bits per heavy atom. The molecule has 1 aromatic carbocycles. The molecular formula is C22H29ClN6. The first-order valence-corrected chi connectivity index (χ1v) is 9.98. The molecule has 2 aromatic heterocycles. The van der Waals surface area contributed by atoms with E-state index in [1.165, 1.54) is 17.7 Å². The number of benzene rings is 1. The fourth-order valence-electron chi connectivity index (χ4n) is 4.01. The molecule has 0 unspecified atom stereocenters. The fraction of sp³-hybridized carbons (Fsp3) is 0.364. The van der Waals surface area contributed by atoms with E-state index in [9.17, 15) is 0 Å². The van der Waals surface area contributed by atoms with Gasteiger partial charge in [0.1, 0.15) is 5.82 Å². The molecule has 29 heavy (non-hydrogen) atoms. The number of fused-ring (bicyclic) bond motifs is 2. The number of hydrogen-bond acceptors (Lipinski definition) is 5. The molecule has 6 nitrogen and oxygen atoms in total. The lowest BCUT2D eigenvalue weighted by atomic mass is 9.90. The van der Waals surface area contributed by atoms with Crippen molar-refractivity contribution in [2.45, 2.75) is 31.8 Å². The van der Waals surface area contributed by atoms with Gasteiger partial charge in [-0.15, -0.1) is 12.4 Å². The summed E-state index contributed by atoms with van der Waals surface area (Å²) in [6.45, 7) is 2.50. The Balaban J connectivity index is 0.00000240. The van der Waals surface area contributed by atoms with Gasteiger partial charge >= 0.3 is 0 Å². The molecule has 0 amide bonds. The minimum atomic E-state index is 0. The number of halogens is 1. The first-order chi connectivity index (χ1) is 13.8. The quantitative estimate of drug-likeness (QED) is 0.518. The second kappa shape index (κ2) is 9.98. The summed E-state index contributed by atoms with van der Waals surface area (Å²) in [6, 6.07) is 12.7. The molecule has 1 aliphatic carbocycles. The number of nitrogens with two attached hydrogens (primary N) is 2. The monoisotopic (exact) mass is 412 g/mol. The number of H-pyrrole nitrogens is 1. The molecule has 0 bridgehead atoms. The summed E-state index contributed by atoms with van der Waals surface area (Å²) in [7, 11) is 0. The molecule has 0 radical (unpaired) electrons. The summed E-state index contributed by atoms with van der Waals surface area (Å²) in [4.78, 5) is 15.4. The lowest BCUT2D eigenvalue weighted by Gasteiger charge is -2.34. The number of para-hydroxylation sites is 2. The van der Waals surface area contributed by atoms with Crippen LogP contribution in [0.2, 0.25) is 0 Å². The molecule has 0 saturated heterocycles. The lowest BCUT2D eigenvalue weighted by molar-refractivity contribution is 0.181. The number of aromatic nitrogens is 3. The summed E-state index contributed by atoms with van der Waals surface area (Å²) in [5.41, 5.74) is 17.4. The van der Waals surface area contributed by atoms with Crippen LogP contribution in [0.5, 0.6) is 0 Å². The van der Waals surface area contributed by atoms with Gasteiger partial charge in [0.15, 0.2) is 0 Å². The molecule has 1 atom stereocenters. The average molecular weight is 413 g/mol. The molecule has 4 rings (SSSR count). The first kappa shape index (κ1) is 21.5. The van der Waals surface area contributed by atoms with Crippen molar-refractivity contribution in [3.63, 3.8) is 0 Å². The van der Waals surface area contributed by atoms with E-state index in [2.05, 4.69) is 28.1 Å². The zero-order valence-corrected chi connectivity index (χ0v) is 17.4. The van der Waals surface area contributed by atoms with Crippen LogP contribution in [-0.2, 0) is 13.0 Å². The third kappa shape index (κ3) is 4.85. The van der Waals surface area contributed by atoms with Crippen LogP contribution in [-0.4, -0.2) is 39.5 Å². The van der Waals surface area contributed by atoms with Crippen LogP contribution in [0.15, 0.2) is 54.2 Å². The van der Waals surface area contributed by atoms with Crippen molar-refractivity contribution >= 4 is 23.4 Å². The van der Waals surface area contributed by atoms with Gasteiger partial charge in [0.25, 0.3) is 0 Å². The molecule has 1 aliphatic rings. The number of rotatable bonds is 7. The molecule has 3 aromatic rings. The zero-order valence-electron chi connectivity index (χ0n) is 16.6. The summed E-state index contributed by atoms with van der Waals surface area (Å²) in [6.07, 6.45) is 7.44. The first-order valence-electron chi connectivity index (χ1n) is 9.98. The van der Waals surface area contributed by atoms with Crippen molar-refractivity contribution < 1.29 is 0 Å². The number of imidazole rings is 1. The SMILES string of the molecule is Cl.NCC(=CCN(Cc1nc2ccccc2[nH]1)[C@H]1CCCc2cccnc21)CN. The number of aryl methyl sites for hydroxylation is 1. The maximum absolute atomic E-state index is 5.83. The highest BCUT2D eigenvalue weighted by Crippen LogP contribution is 2.33. The smallest absolute Gasteiger partial charge is 0.121 e. The van der Waals surface area contributed by atoms with Crippen LogP contribution in [0.3, 0.4) is 0 Å². The maximum Gasteiger partial charge on any atom is 0.121 e. The van der Waals surface area contributed by atoms with Crippen molar-refractivity contribution in [1.29, 1.82) is 0 Å². The second-order valence-corrected chi connectivity index (χ2v) is 7.36. The fourth-order valence-corrected chi connectivity index (χ4v) is 4.01. The minimum Gasteiger partial charge on any atom is -0.341 e. The van der Waals surface area contributed by atoms with Crippen molar-refractivity contribution in [2.75, 3.05) is 19.6 Å². The van der Waals surface area contributed by atoms with E-state index in [-0.39, 0.29) is 18.4 Å². The van der Waals surface area contributed by atoms with Crippen molar-refractivity contribution in [1.82, 2.24) is 19.9 Å². The van der Waals surface area contributed by atoms with Gasteiger partial charge in [-0.3, -0.25) is 9.88 Å². The molecule has 0 spiro atoms. The molecule has 0 aliphatic heterocycles. The average Bonchev–Trinajstić information content (AvgIpc) is 3.15. The van der Waals surface area contributed by atoms with E-state index in [0.717, 1.165) is 48.4 Å². The van der Waals surface area contributed by atoms with E-state index < -0.39 is 0 Å². The summed E-state index contributed by atoms with van der Waals surface area (Å²) in [5, 5.41) is 0. The Kier molecular flexibility index (Phi) is 7.39. The molecule has 2 heterocycles. The van der Waals surface area contributed by atoms with Crippen LogP contribution in [0.4, 0.5) is 0 Å². The summed E-state index contributed by atoms with van der Waals surface area (Å²) in [5.74, 6) is 0.972. The van der Waals surface area contributed by atoms with Crippen LogP contribution < -0.4 is 11.5 Å². The van der Waals surface area contributed by atoms with Gasteiger partial charge in [0, 0.05) is 25.8 Å². The topological polar surface area (TPSA) is 96.8 Å². The molecular weight excluding hydrogens is 384 g/mol. The second-order valence-electron chi connectivity index (χ2n) is 7.36. The number of aromatic amines is 1. The highest BCUT2D eigenvalue weighted by molar-refractivity contribution is 5.85. The van der Waals surface area contributed by atoms with Gasteiger partial charge in [0.05, 0.1) is 29.3 Å². The normalized spacial score (nSPS) is 15.8. The van der Waals surface area contributed by atoms with E-state index in [4.69, 9.17) is 21.4 Å². The highest BCUT2D eigenvalue weighted by Gasteiger charge is 2.27. The maximum atomic E-state index is 5.83. The standard InChI is InChI=1S/C22H28N6.ClH/c23-13-16(14-24)10-12-28(15-21-26-18-7-1-2-8-19(18)27-21)20-9-3-5-17-6-4-11-25-22(17)20;/h1-2,4,6-8,10-11,20H,3,5,9,12-15,23-24H2,(H,26,27);1H/t20-;/m0./s1. The molecule has 5 N–H and O–H groups in total. The Labute approximate surface area is 177 Å². The summed E-state index contributed by atoms with van der Waals surface area (Å²) < 4.78 is 0. The molecule has 154 valence electrons. The summed E-state index contributed by atoms with van der Waals surface area (Å²) >= 11 is 0. The van der Waals surface area contributed by atoms with Gasteiger partial charge in [-0.1, -0.05) is 24.3 Å². The predicted molar refractivity (Wildman–Crippen MR) is 120 cm³/mol. The number of pyridine rings is 1. The number of hydrogen-bond donors (Lipinski definition) is 3. The van der Waals surface area contributed by atoms with Gasteiger partial charge in [0.2, 0.25) is 0 Å². The zero-order chi connectivity index (χ0) is 19.3. The number of nitrogens with zero attached hydrogens (tertiary/aromatic N) is 3. The van der Waals surface area contributed by atoms with Gasteiger partial charge < -0.3 is 16.5 Å². The van der Waals surface area contributed by atoms with Crippen LogP contribution in [0.25, 0.3) is 11.0 Å². The van der Waals surface area contributed by atoms with Crippen LogP contribution >= 0.6 is 12.4 Å². The van der Waals surface area contributed by atoms with E-state index >= 15 is 0 Å². The minimum absolute atomic E-state index is 0. The lowest BCUT2D eigenvalue weighted by Crippen LogP contribution is -2.33. The molecule has 0 saturated carbocycles. The predicted octanol–water partition coefficient (Wildman–Crippen LogP) is 3.10. The van der Waals surface area contributed by atoms with Crippen LogP contribution in [0, 0.1) is 0 Å². The largest absolute Gasteiger partial charge is 0.341 e. The third-order valence-electron chi connectivity index (χ3n) is 5.54. The van der Waals surface area contributed by atoms with Crippen molar-refractivity contribution in [3.8, 4) is 0 Å². The van der Waals surface area contributed by atoms with Crippen LogP contribution in [0.1, 0.15) is 36.0 Å².